The van der Waals surface area contributed by atoms with Crippen molar-refractivity contribution >= 4 is 52.2 Å². The summed E-state index contributed by atoms with van der Waals surface area (Å²) < 4.78 is 56.8. The van der Waals surface area contributed by atoms with E-state index in [1.54, 1.807) is 12.1 Å². The van der Waals surface area contributed by atoms with Crippen LogP contribution in [0.15, 0.2) is 82.6 Å². The number of carbonyl (C=O) groups excluding carboxylic acids is 3. The molecule has 0 radical (unpaired) electrons. The van der Waals surface area contributed by atoms with Gasteiger partial charge in [0.05, 0.1) is 22.2 Å². The molecule has 2 aliphatic rings. The second kappa shape index (κ2) is 10.8. The molecule has 13 heteroatoms. The number of rotatable bonds is 5. The molecular weight excluding hydrogens is 606 g/mol. The Bertz CT molecular complexity index is 1830. The SMILES string of the molecule is Cc1ccccc1NC(=O)Cn1c2c(sc1=O)[C@@H](c1ccc(F)cc1)[C@@H]1C(=O)N(c3ccccc3C(F)(F)F)C(=O)[C@@H]1S2. The molecule has 220 valence electrons. The number of anilines is 2. The quantitative estimate of drug-likeness (QED) is 0.223. The molecule has 0 bridgehead atoms. The van der Waals surface area contributed by atoms with E-state index >= 15 is 0 Å². The zero-order valence-corrected chi connectivity index (χ0v) is 23.9. The van der Waals surface area contributed by atoms with E-state index in [1.165, 1.54) is 41.0 Å². The summed E-state index contributed by atoms with van der Waals surface area (Å²) in [4.78, 5) is 54.4. The van der Waals surface area contributed by atoms with E-state index in [4.69, 9.17) is 0 Å². The zero-order chi connectivity index (χ0) is 30.6. The molecule has 3 amide bonds. The molecule has 3 heterocycles. The third-order valence-electron chi connectivity index (χ3n) is 7.45. The standard InChI is InChI=1S/C30H21F4N3O4S2/c1-15-6-2-4-8-19(15)35-21(38)14-36-28-25(43-29(36)41)22(16-10-12-17(31)13-11-16)23-24(42-28)27(40)37(26(23)39)20-9-5-3-7-18(20)30(32,33)34/h2-13,22-24H,14H2,1H3,(H,35,38)/t22-,23-,24+/m0/s1. The highest BCUT2D eigenvalue weighted by atomic mass is 32.2. The molecule has 1 fully saturated rings. The number of nitrogens with zero attached hydrogens (tertiary/aromatic N) is 2. The summed E-state index contributed by atoms with van der Waals surface area (Å²) in [5.41, 5.74) is 0.0350. The number of para-hydroxylation sites is 2. The molecule has 7 nitrogen and oxygen atoms in total. The Balaban J connectivity index is 1.44. The van der Waals surface area contributed by atoms with Crippen LogP contribution < -0.4 is 15.1 Å². The number of alkyl halides is 3. The van der Waals surface area contributed by atoms with Gasteiger partial charge in [0, 0.05) is 16.5 Å². The Kier molecular flexibility index (Phi) is 7.25. The van der Waals surface area contributed by atoms with Crippen molar-refractivity contribution in [3.8, 4) is 0 Å². The highest BCUT2D eigenvalue weighted by molar-refractivity contribution is 8.00. The third-order valence-corrected chi connectivity index (χ3v) is 10.1. The monoisotopic (exact) mass is 627 g/mol. The van der Waals surface area contributed by atoms with Gasteiger partial charge in [-0.15, -0.1) is 0 Å². The number of hydrogen-bond donors (Lipinski definition) is 1. The Morgan fingerprint density at radius 1 is 0.930 bits per heavy atom. The maximum Gasteiger partial charge on any atom is 0.418 e. The molecule has 1 aromatic heterocycles. The van der Waals surface area contributed by atoms with E-state index in [-0.39, 0.29) is 5.03 Å². The van der Waals surface area contributed by atoms with Crippen molar-refractivity contribution in [1.82, 2.24) is 4.57 Å². The second-order valence-electron chi connectivity index (χ2n) is 10.1. The molecule has 0 aliphatic carbocycles. The minimum absolute atomic E-state index is 0.262. The third kappa shape index (κ3) is 5.06. The van der Waals surface area contributed by atoms with Crippen LogP contribution in [0.5, 0.6) is 0 Å². The highest BCUT2D eigenvalue weighted by Gasteiger charge is 2.57. The maximum absolute atomic E-state index is 13.9. The van der Waals surface area contributed by atoms with Crippen LogP contribution in [-0.4, -0.2) is 27.5 Å². The Morgan fingerprint density at radius 2 is 1.60 bits per heavy atom. The molecule has 0 spiro atoms. The van der Waals surface area contributed by atoms with Gasteiger partial charge in [-0.2, -0.15) is 13.2 Å². The number of hydrogen-bond acceptors (Lipinski definition) is 6. The van der Waals surface area contributed by atoms with Gasteiger partial charge in [-0.1, -0.05) is 65.6 Å². The summed E-state index contributed by atoms with van der Waals surface area (Å²) in [5.74, 6) is -4.91. The normalized spacial score (nSPS) is 19.7. The van der Waals surface area contributed by atoms with Crippen molar-refractivity contribution in [2.24, 2.45) is 5.92 Å². The highest BCUT2D eigenvalue weighted by Crippen LogP contribution is 2.54. The van der Waals surface area contributed by atoms with Gasteiger partial charge in [0.2, 0.25) is 17.7 Å². The van der Waals surface area contributed by atoms with Crippen molar-refractivity contribution in [3.05, 3.63) is 110 Å². The van der Waals surface area contributed by atoms with Crippen molar-refractivity contribution in [2.75, 3.05) is 10.2 Å². The number of fused-ring (bicyclic) bond motifs is 2. The first-order valence-electron chi connectivity index (χ1n) is 13.0. The van der Waals surface area contributed by atoms with Gasteiger partial charge in [0.25, 0.3) is 0 Å². The van der Waals surface area contributed by atoms with Crippen molar-refractivity contribution < 1.29 is 31.9 Å². The fraction of sp³-hybridized carbons (Fsp3) is 0.200. The number of thioether (sulfide) groups is 1. The zero-order valence-electron chi connectivity index (χ0n) is 22.2. The number of benzene rings is 3. The summed E-state index contributed by atoms with van der Waals surface area (Å²) in [7, 11) is 0. The van der Waals surface area contributed by atoms with Gasteiger partial charge in [-0.25, -0.2) is 9.29 Å². The topological polar surface area (TPSA) is 88.5 Å². The average molecular weight is 628 g/mol. The van der Waals surface area contributed by atoms with E-state index in [1.807, 2.05) is 19.1 Å². The van der Waals surface area contributed by atoms with Crippen molar-refractivity contribution in [2.45, 2.75) is 35.8 Å². The minimum atomic E-state index is -4.84. The summed E-state index contributed by atoms with van der Waals surface area (Å²) in [6.45, 7) is 1.41. The predicted molar refractivity (Wildman–Crippen MR) is 154 cm³/mol. The first-order valence-corrected chi connectivity index (χ1v) is 14.7. The van der Waals surface area contributed by atoms with Gasteiger partial charge >= 0.3 is 11.0 Å². The van der Waals surface area contributed by atoms with Crippen molar-refractivity contribution in [1.29, 1.82) is 0 Å². The molecule has 0 saturated carbocycles. The lowest BCUT2D eigenvalue weighted by atomic mass is 9.83. The number of imide groups is 1. The van der Waals surface area contributed by atoms with Crippen LogP contribution in [0.25, 0.3) is 0 Å². The maximum atomic E-state index is 13.9. The Labute approximate surface area is 250 Å². The Morgan fingerprint density at radius 3 is 2.30 bits per heavy atom. The summed E-state index contributed by atoms with van der Waals surface area (Å²) in [6, 6.07) is 16.6. The number of thiazole rings is 1. The molecule has 43 heavy (non-hydrogen) atoms. The number of aryl methyl sites for hydroxylation is 1. The summed E-state index contributed by atoms with van der Waals surface area (Å²) in [6.07, 6.45) is -4.84. The van der Waals surface area contributed by atoms with Crippen LogP contribution in [0.4, 0.5) is 28.9 Å². The second-order valence-corrected chi connectivity index (χ2v) is 12.2. The van der Waals surface area contributed by atoms with Gasteiger partial charge in [0.15, 0.2) is 0 Å². The minimum Gasteiger partial charge on any atom is -0.324 e. The molecule has 3 atom stereocenters. The molecular formula is C30H21F4N3O4S2. The number of halogens is 4. The van der Waals surface area contributed by atoms with Crippen molar-refractivity contribution in [3.63, 3.8) is 0 Å². The molecule has 3 aromatic carbocycles. The lowest BCUT2D eigenvalue weighted by Gasteiger charge is -2.30. The van der Waals surface area contributed by atoms with Gasteiger partial charge < -0.3 is 5.32 Å². The van der Waals surface area contributed by atoms with Crippen LogP contribution in [-0.2, 0) is 27.1 Å². The number of carbonyl (C=O) groups is 3. The van der Waals surface area contributed by atoms with Gasteiger partial charge in [0.1, 0.15) is 17.6 Å². The lowest BCUT2D eigenvalue weighted by Crippen LogP contribution is -2.33. The molecule has 0 unspecified atom stereocenters. The lowest BCUT2D eigenvalue weighted by molar-refractivity contribution is -0.137. The largest absolute Gasteiger partial charge is 0.418 e. The number of amides is 3. The van der Waals surface area contributed by atoms with E-state index < -0.39 is 69.5 Å². The van der Waals surface area contributed by atoms with E-state index in [0.29, 0.717) is 21.0 Å². The van der Waals surface area contributed by atoms with E-state index in [9.17, 15) is 36.7 Å². The molecule has 6 rings (SSSR count). The number of nitrogens with one attached hydrogen (secondary N) is 1. The van der Waals surface area contributed by atoms with Crippen LogP contribution in [0.2, 0.25) is 0 Å². The predicted octanol–water partition coefficient (Wildman–Crippen LogP) is 5.81. The van der Waals surface area contributed by atoms with Gasteiger partial charge in [-0.3, -0.25) is 23.7 Å². The average Bonchev–Trinajstić information content (AvgIpc) is 3.40. The van der Waals surface area contributed by atoms with E-state index in [0.717, 1.165) is 40.8 Å². The summed E-state index contributed by atoms with van der Waals surface area (Å²) >= 11 is 1.66. The summed E-state index contributed by atoms with van der Waals surface area (Å²) in [5, 5.41) is 1.83. The molecule has 1 saturated heterocycles. The fourth-order valence-corrected chi connectivity index (χ4v) is 8.25. The first kappa shape index (κ1) is 28.9. The number of aromatic nitrogens is 1. The van der Waals surface area contributed by atoms with Crippen LogP contribution in [0.3, 0.4) is 0 Å². The fourth-order valence-electron chi connectivity index (χ4n) is 5.48. The Hall–Kier alpha value is -4.23. The van der Waals surface area contributed by atoms with Crippen LogP contribution in [0.1, 0.15) is 27.5 Å². The van der Waals surface area contributed by atoms with Crippen LogP contribution >= 0.6 is 23.1 Å². The van der Waals surface area contributed by atoms with E-state index in [2.05, 4.69) is 5.32 Å². The van der Waals surface area contributed by atoms with Crippen LogP contribution in [0, 0.1) is 18.7 Å². The first-order chi connectivity index (χ1) is 20.5. The smallest absolute Gasteiger partial charge is 0.324 e. The van der Waals surface area contributed by atoms with Gasteiger partial charge in [-0.05, 0) is 48.4 Å². The molecule has 1 N–H and O–H groups in total. The molecule has 4 aromatic rings. The molecule has 2 aliphatic heterocycles.